The molecule has 27 heavy (non-hydrogen) atoms. The Hall–Kier alpha value is -2.76. The van der Waals surface area contributed by atoms with Gasteiger partial charge in [0.15, 0.2) is 10.3 Å². The molecule has 0 aromatic heterocycles. The fraction of sp³-hybridized carbons (Fsp3) is 0.211. The molecule has 6 nitrogen and oxygen atoms in total. The monoisotopic (exact) mass is 397 g/mol. The number of anilines is 2. The standard InChI is InChI=1S/C19H19N5OS2/c1-13-12-24(18(26)21-15-6-3-5-14(9-15)11-20)19(27-13)23-22-16-7-4-8-17(10-16)25-2/h3-10,13,22H,12H2,1-2H3,(H,21,26). The van der Waals surface area contributed by atoms with Gasteiger partial charge in [-0.15, -0.1) is 5.10 Å². The molecule has 1 unspecified atom stereocenters. The zero-order valence-corrected chi connectivity index (χ0v) is 16.6. The van der Waals surface area contributed by atoms with Gasteiger partial charge in [0.25, 0.3) is 0 Å². The van der Waals surface area contributed by atoms with Crippen LogP contribution in [0.1, 0.15) is 12.5 Å². The molecule has 8 heteroatoms. The first-order chi connectivity index (χ1) is 13.1. The van der Waals surface area contributed by atoms with E-state index in [1.165, 1.54) is 0 Å². The molecular formula is C19H19N5OS2. The van der Waals surface area contributed by atoms with Crippen LogP contribution in [0.15, 0.2) is 53.6 Å². The van der Waals surface area contributed by atoms with E-state index >= 15 is 0 Å². The number of hydrogen-bond acceptors (Lipinski definition) is 6. The van der Waals surface area contributed by atoms with Gasteiger partial charge < -0.3 is 10.1 Å². The number of ether oxygens (including phenoxy) is 1. The normalized spacial score (nSPS) is 17.4. The zero-order valence-electron chi connectivity index (χ0n) is 15.0. The predicted molar refractivity (Wildman–Crippen MR) is 115 cm³/mol. The van der Waals surface area contributed by atoms with Crippen LogP contribution in [0.25, 0.3) is 0 Å². The summed E-state index contributed by atoms with van der Waals surface area (Å²) in [6, 6.07) is 16.9. The second-order valence-electron chi connectivity index (χ2n) is 5.90. The number of amidine groups is 1. The van der Waals surface area contributed by atoms with Crippen molar-refractivity contribution in [1.82, 2.24) is 4.90 Å². The van der Waals surface area contributed by atoms with E-state index in [9.17, 15) is 0 Å². The second-order valence-corrected chi connectivity index (χ2v) is 7.69. The molecule has 1 atom stereocenters. The van der Waals surface area contributed by atoms with Gasteiger partial charge in [-0.05, 0) is 42.5 Å². The van der Waals surface area contributed by atoms with E-state index in [-0.39, 0.29) is 0 Å². The molecule has 1 saturated heterocycles. The summed E-state index contributed by atoms with van der Waals surface area (Å²) in [5, 5.41) is 18.4. The fourth-order valence-electron chi connectivity index (χ4n) is 2.53. The first-order valence-corrected chi connectivity index (χ1v) is 9.61. The van der Waals surface area contributed by atoms with Crippen LogP contribution < -0.4 is 15.5 Å². The van der Waals surface area contributed by atoms with Gasteiger partial charge in [-0.2, -0.15) is 5.26 Å². The maximum Gasteiger partial charge on any atom is 0.189 e. The number of hydrazone groups is 1. The van der Waals surface area contributed by atoms with Crippen molar-refractivity contribution in [2.45, 2.75) is 12.2 Å². The number of thiocarbonyl (C=S) groups is 1. The van der Waals surface area contributed by atoms with Crippen molar-refractivity contribution in [2.75, 3.05) is 24.4 Å². The van der Waals surface area contributed by atoms with Crippen LogP contribution in [0, 0.1) is 11.3 Å². The van der Waals surface area contributed by atoms with Crippen molar-refractivity contribution in [3.63, 3.8) is 0 Å². The van der Waals surface area contributed by atoms with E-state index in [0.29, 0.717) is 15.9 Å². The Balaban J connectivity index is 1.72. The van der Waals surface area contributed by atoms with Crippen molar-refractivity contribution in [1.29, 1.82) is 5.26 Å². The minimum atomic E-state index is 0.362. The van der Waals surface area contributed by atoms with E-state index in [2.05, 4.69) is 28.8 Å². The third-order valence-corrected chi connectivity index (χ3v) is 5.21. The lowest BCUT2D eigenvalue weighted by Gasteiger charge is -2.20. The summed E-state index contributed by atoms with van der Waals surface area (Å²) in [6.45, 7) is 2.89. The first-order valence-electron chi connectivity index (χ1n) is 8.32. The van der Waals surface area contributed by atoms with Crippen LogP contribution in [0.5, 0.6) is 5.75 Å². The van der Waals surface area contributed by atoms with Crippen molar-refractivity contribution in [2.24, 2.45) is 5.10 Å². The SMILES string of the molecule is COc1cccc(NN=C2SC(C)CN2C(=S)Nc2cccc(C#N)c2)c1. The molecule has 1 aliphatic heterocycles. The van der Waals surface area contributed by atoms with Crippen molar-refractivity contribution in [3.05, 3.63) is 54.1 Å². The molecule has 0 aliphatic carbocycles. The summed E-state index contributed by atoms with van der Waals surface area (Å²) in [7, 11) is 1.63. The summed E-state index contributed by atoms with van der Waals surface area (Å²) in [4.78, 5) is 1.96. The summed E-state index contributed by atoms with van der Waals surface area (Å²) >= 11 is 7.22. The molecular weight excluding hydrogens is 378 g/mol. The van der Waals surface area contributed by atoms with Crippen LogP contribution in [-0.2, 0) is 0 Å². The second kappa shape index (κ2) is 8.75. The molecule has 0 amide bonds. The van der Waals surface area contributed by atoms with E-state index in [1.807, 2.05) is 41.3 Å². The Morgan fingerprint density at radius 1 is 1.30 bits per heavy atom. The molecule has 0 saturated carbocycles. The number of nitrogens with one attached hydrogen (secondary N) is 2. The van der Waals surface area contributed by atoms with Gasteiger partial charge in [0.05, 0.1) is 24.4 Å². The Labute approximate surface area is 168 Å². The molecule has 0 bridgehead atoms. The average Bonchev–Trinajstić information content (AvgIpc) is 3.07. The first kappa shape index (κ1) is 19.0. The summed E-state index contributed by atoms with van der Waals surface area (Å²) in [5.74, 6) is 0.763. The van der Waals surface area contributed by atoms with Crippen molar-refractivity contribution >= 4 is 45.6 Å². The number of nitriles is 1. The van der Waals surface area contributed by atoms with Gasteiger partial charge in [-0.25, -0.2) is 0 Å². The summed E-state index contributed by atoms with van der Waals surface area (Å²) in [6.07, 6.45) is 0. The third kappa shape index (κ3) is 4.90. The highest BCUT2D eigenvalue weighted by Crippen LogP contribution is 2.27. The Morgan fingerprint density at radius 2 is 2.07 bits per heavy atom. The van der Waals surface area contributed by atoms with Crippen LogP contribution in [0.2, 0.25) is 0 Å². The molecule has 1 aliphatic rings. The lowest BCUT2D eigenvalue weighted by molar-refractivity contribution is 0.415. The fourth-order valence-corrected chi connectivity index (χ4v) is 3.85. The maximum atomic E-state index is 9.04. The van der Waals surface area contributed by atoms with Gasteiger partial charge in [-0.3, -0.25) is 10.3 Å². The Kier molecular flexibility index (Phi) is 6.16. The number of rotatable bonds is 4. The maximum absolute atomic E-state index is 9.04. The van der Waals surface area contributed by atoms with Crippen LogP contribution in [0.4, 0.5) is 11.4 Å². The predicted octanol–water partition coefficient (Wildman–Crippen LogP) is 4.08. The molecule has 3 rings (SSSR count). The highest BCUT2D eigenvalue weighted by molar-refractivity contribution is 8.14. The van der Waals surface area contributed by atoms with Gasteiger partial charge in [-0.1, -0.05) is 30.8 Å². The molecule has 0 spiro atoms. The van der Waals surface area contributed by atoms with Gasteiger partial charge in [0, 0.05) is 23.5 Å². The van der Waals surface area contributed by atoms with E-state index in [0.717, 1.165) is 28.8 Å². The molecule has 138 valence electrons. The highest BCUT2D eigenvalue weighted by Gasteiger charge is 2.29. The number of hydrogen-bond donors (Lipinski definition) is 2. The molecule has 2 aromatic rings. The third-order valence-electron chi connectivity index (χ3n) is 3.82. The lowest BCUT2D eigenvalue weighted by atomic mass is 10.2. The largest absolute Gasteiger partial charge is 0.497 e. The molecule has 2 aromatic carbocycles. The zero-order chi connectivity index (χ0) is 19.2. The van der Waals surface area contributed by atoms with Crippen LogP contribution in [0.3, 0.4) is 0 Å². The number of benzene rings is 2. The topological polar surface area (TPSA) is 72.7 Å². The molecule has 2 N–H and O–H groups in total. The highest BCUT2D eigenvalue weighted by atomic mass is 32.2. The van der Waals surface area contributed by atoms with Gasteiger partial charge in [0.1, 0.15) is 5.75 Å². The lowest BCUT2D eigenvalue weighted by Crippen LogP contribution is -2.36. The number of methoxy groups -OCH3 is 1. The smallest absolute Gasteiger partial charge is 0.189 e. The van der Waals surface area contributed by atoms with Crippen molar-refractivity contribution in [3.8, 4) is 11.8 Å². The van der Waals surface area contributed by atoms with Crippen molar-refractivity contribution < 1.29 is 4.74 Å². The average molecular weight is 398 g/mol. The Bertz CT molecular complexity index is 909. The minimum absolute atomic E-state index is 0.362. The van der Waals surface area contributed by atoms with Crippen LogP contribution in [-0.4, -0.2) is 34.1 Å². The Morgan fingerprint density at radius 3 is 2.85 bits per heavy atom. The summed E-state index contributed by atoms with van der Waals surface area (Å²) < 4.78 is 5.23. The van der Waals surface area contributed by atoms with Gasteiger partial charge >= 0.3 is 0 Å². The molecule has 1 heterocycles. The van der Waals surface area contributed by atoms with Gasteiger partial charge in [0.2, 0.25) is 0 Å². The molecule has 0 radical (unpaired) electrons. The molecule has 1 fully saturated rings. The minimum Gasteiger partial charge on any atom is -0.497 e. The van der Waals surface area contributed by atoms with E-state index in [1.54, 1.807) is 31.0 Å². The van der Waals surface area contributed by atoms with Crippen LogP contribution >= 0.6 is 24.0 Å². The number of thioether (sulfide) groups is 1. The van der Waals surface area contributed by atoms with E-state index in [4.69, 9.17) is 22.2 Å². The van der Waals surface area contributed by atoms with E-state index < -0.39 is 0 Å². The summed E-state index contributed by atoms with van der Waals surface area (Å²) in [5.41, 5.74) is 5.26. The number of nitrogens with zero attached hydrogens (tertiary/aromatic N) is 3. The quantitative estimate of drug-likeness (QED) is 0.595.